The Bertz CT molecular complexity index is 328. The predicted molar refractivity (Wildman–Crippen MR) is 80.7 cm³/mol. The number of likely N-dealkylation sites (N-methyl/N-ethyl adjacent to an activating group) is 1. The molecule has 0 aliphatic heterocycles. The van der Waals surface area contributed by atoms with Gasteiger partial charge in [0, 0.05) is 26.8 Å². The first-order valence-corrected chi connectivity index (χ1v) is 7.83. The molecule has 1 unspecified atom stereocenters. The molecule has 0 spiro atoms. The third-order valence-electron chi connectivity index (χ3n) is 3.44. The minimum atomic E-state index is 0.342. The summed E-state index contributed by atoms with van der Waals surface area (Å²) in [6.07, 6.45) is 2.35. The lowest BCUT2D eigenvalue weighted by Crippen LogP contribution is -2.37. The molecule has 0 radical (unpaired) electrons. The minimum absolute atomic E-state index is 0.342. The topological polar surface area (TPSA) is 29.3 Å². The molecule has 1 aromatic heterocycles. The smallest absolute Gasteiger partial charge is 0.0564 e. The van der Waals surface area contributed by atoms with E-state index in [9.17, 15) is 0 Å². The molecule has 98 valence electrons. The van der Waals surface area contributed by atoms with Crippen LogP contribution in [0.25, 0.3) is 0 Å². The molecule has 0 aromatic carbocycles. The molecule has 1 aromatic rings. The molecule has 17 heavy (non-hydrogen) atoms. The van der Waals surface area contributed by atoms with Crippen LogP contribution in [0.3, 0.4) is 0 Å². The van der Waals surface area contributed by atoms with Crippen LogP contribution in [0.5, 0.6) is 0 Å². The zero-order valence-corrected chi connectivity index (χ0v) is 13.6. The Morgan fingerprint density at radius 2 is 2.00 bits per heavy atom. The van der Waals surface area contributed by atoms with Crippen LogP contribution >= 0.6 is 27.3 Å². The number of thiophene rings is 1. The predicted octanol–water partition coefficient (Wildman–Crippen LogP) is 3.94. The fraction of sp³-hybridized carbons (Fsp3) is 0.692. The highest BCUT2D eigenvalue weighted by atomic mass is 79.9. The van der Waals surface area contributed by atoms with Crippen molar-refractivity contribution in [3.05, 3.63) is 20.3 Å². The Hall–Kier alpha value is 0.1000. The first-order chi connectivity index (χ1) is 8.04. The largest absolute Gasteiger partial charge is 0.329 e. The van der Waals surface area contributed by atoms with Crippen molar-refractivity contribution in [3.8, 4) is 0 Å². The van der Waals surface area contributed by atoms with Crippen LogP contribution in [0.2, 0.25) is 0 Å². The Labute approximate surface area is 117 Å². The van der Waals surface area contributed by atoms with Gasteiger partial charge in [-0.3, -0.25) is 4.90 Å². The van der Waals surface area contributed by atoms with Gasteiger partial charge < -0.3 is 5.73 Å². The number of hydrogen-bond donors (Lipinski definition) is 1. The molecule has 0 bridgehead atoms. The van der Waals surface area contributed by atoms with Gasteiger partial charge in [0.05, 0.1) is 6.04 Å². The van der Waals surface area contributed by atoms with Gasteiger partial charge >= 0.3 is 0 Å². The van der Waals surface area contributed by atoms with E-state index in [4.69, 9.17) is 5.73 Å². The molecular weight excluding hydrogens is 296 g/mol. The number of hydrogen-bond acceptors (Lipinski definition) is 3. The van der Waals surface area contributed by atoms with E-state index in [1.807, 2.05) is 11.3 Å². The van der Waals surface area contributed by atoms with Crippen molar-refractivity contribution < 1.29 is 0 Å². The number of aryl methyl sites for hydroxylation is 1. The monoisotopic (exact) mass is 318 g/mol. The second kappa shape index (κ2) is 6.88. The fourth-order valence-electron chi connectivity index (χ4n) is 2.25. The maximum absolute atomic E-state index is 5.96. The molecule has 1 atom stereocenters. The van der Waals surface area contributed by atoms with Crippen molar-refractivity contribution >= 4 is 27.3 Å². The average Bonchev–Trinajstić information content (AvgIpc) is 2.61. The third kappa shape index (κ3) is 3.53. The van der Waals surface area contributed by atoms with Crippen LogP contribution in [0.4, 0.5) is 0 Å². The molecule has 0 saturated carbocycles. The lowest BCUT2D eigenvalue weighted by atomic mass is 10.1. The maximum atomic E-state index is 5.96. The van der Waals surface area contributed by atoms with Gasteiger partial charge in [0.2, 0.25) is 0 Å². The van der Waals surface area contributed by atoms with E-state index in [1.54, 1.807) is 0 Å². The van der Waals surface area contributed by atoms with Gasteiger partial charge in [-0.1, -0.05) is 13.8 Å². The van der Waals surface area contributed by atoms with Gasteiger partial charge in [-0.15, -0.1) is 11.3 Å². The molecule has 0 aliphatic rings. The van der Waals surface area contributed by atoms with Gasteiger partial charge in [-0.05, 0) is 48.8 Å². The molecule has 1 heterocycles. The summed E-state index contributed by atoms with van der Waals surface area (Å²) in [5.74, 6) is 0. The highest BCUT2D eigenvalue weighted by Gasteiger charge is 2.22. The minimum Gasteiger partial charge on any atom is -0.329 e. The van der Waals surface area contributed by atoms with Gasteiger partial charge in [0.25, 0.3) is 0 Å². The van der Waals surface area contributed by atoms with Crippen molar-refractivity contribution in [1.29, 1.82) is 0 Å². The van der Waals surface area contributed by atoms with E-state index in [-0.39, 0.29) is 0 Å². The summed E-state index contributed by atoms with van der Waals surface area (Å²) in [7, 11) is 2.19. The highest BCUT2D eigenvalue weighted by molar-refractivity contribution is 9.10. The van der Waals surface area contributed by atoms with Crippen molar-refractivity contribution in [2.75, 3.05) is 13.6 Å². The van der Waals surface area contributed by atoms with Crippen LogP contribution in [-0.2, 0) is 0 Å². The zero-order chi connectivity index (χ0) is 13.0. The van der Waals surface area contributed by atoms with Gasteiger partial charge in [-0.25, -0.2) is 0 Å². The number of rotatable bonds is 6. The molecule has 0 aliphatic carbocycles. The van der Waals surface area contributed by atoms with E-state index in [2.05, 4.69) is 54.7 Å². The molecule has 0 saturated heterocycles. The average molecular weight is 319 g/mol. The van der Waals surface area contributed by atoms with Crippen molar-refractivity contribution in [2.24, 2.45) is 5.73 Å². The van der Waals surface area contributed by atoms with Crippen molar-refractivity contribution in [1.82, 2.24) is 4.90 Å². The SMILES string of the molecule is CCC(CC)N(C)C(CN)c1cc(Br)c(C)s1. The van der Waals surface area contributed by atoms with Crippen molar-refractivity contribution in [2.45, 2.75) is 45.7 Å². The van der Waals surface area contributed by atoms with Crippen LogP contribution in [0.1, 0.15) is 42.5 Å². The lowest BCUT2D eigenvalue weighted by molar-refractivity contribution is 0.170. The fourth-order valence-corrected chi connectivity index (χ4v) is 3.97. The normalized spacial score (nSPS) is 13.6. The molecule has 2 nitrogen and oxygen atoms in total. The van der Waals surface area contributed by atoms with E-state index < -0.39 is 0 Å². The summed E-state index contributed by atoms with van der Waals surface area (Å²) in [5, 5.41) is 0. The second-order valence-corrected chi connectivity index (χ2v) is 6.58. The van der Waals surface area contributed by atoms with E-state index in [1.165, 1.54) is 27.1 Å². The number of nitrogens with two attached hydrogens (primary N) is 1. The van der Waals surface area contributed by atoms with E-state index >= 15 is 0 Å². The number of nitrogens with zero attached hydrogens (tertiary/aromatic N) is 1. The second-order valence-electron chi connectivity index (χ2n) is 4.44. The summed E-state index contributed by atoms with van der Waals surface area (Å²) in [6.45, 7) is 7.31. The lowest BCUT2D eigenvalue weighted by Gasteiger charge is -2.33. The van der Waals surface area contributed by atoms with Gasteiger partial charge in [-0.2, -0.15) is 0 Å². The molecule has 0 fully saturated rings. The zero-order valence-electron chi connectivity index (χ0n) is 11.2. The van der Waals surface area contributed by atoms with E-state index in [0.29, 0.717) is 18.6 Å². The first-order valence-electron chi connectivity index (χ1n) is 6.22. The quantitative estimate of drug-likeness (QED) is 0.860. The van der Waals surface area contributed by atoms with E-state index in [0.717, 1.165) is 0 Å². The van der Waals surface area contributed by atoms with Crippen molar-refractivity contribution in [3.63, 3.8) is 0 Å². The molecule has 0 amide bonds. The van der Waals surface area contributed by atoms with Crippen LogP contribution in [0.15, 0.2) is 10.5 Å². The third-order valence-corrected chi connectivity index (χ3v) is 5.68. The number of halogens is 1. The van der Waals surface area contributed by atoms with Gasteiger partial charge in [0.1, 0.15) is 0 Å². The Balaban J connectivity index is 2.90. The van der Waals surface area contributed by atoms with Crippen LogP contribution in [0, 0.1) is 6.92 Å². The Kier molecular flexibility index (Phi) is 6.13. The van der Waals surface area contributed by atoms with Crippen LogP contribution in [-0.4, -0.2) is 24.5 Å². The Morgan fingerprint density at radius 3 is 2.35 bits per heavy atom. The summed E-state index contributed by atoms with van der Waals surface area (Å²) >= 11 is 5.43. The Morgan fingerprint density at radius 1 is 1.41 bits per heavy atom. The molecule has 4 heteroatoms. The molecule has 2 N–H and O–H groups in total. The highest BCUT2D eigenvalue weighted by Crippen LogP contribution is 2.33. The standard InChI is InChI=1S/C13H23BrN2S/c1-5-10(6-2)16(4)12(8-15)13-7-11(14)9(3)17-13/h7,10,12H,5-6,8,15H2,1-4H3. The van der Waals surface area contributed by atoms with Gasteiger partial charge in [0.15, 0.2) is 0 Å². The molecular formula is C13H23BrN2S. The first kappa shape index (κ1) is 15.2. The summed E-state index contributed by atoms with van der Waals surface area (Å²) < 4.78 is 1.20. The summed E-state index contributed by atoms with van der Waals surface area (Å²) in [4.78, 5) is 5.13. The molecule has 1 rings (SSSR count). The summed E-state index contributed by atoms with van der Waals surface area (Å²) in [6, 6.07) is 3.18. The summed E-state index contributed by atoms with van der Waals surface area (Å²) in [5.41, 5.74) is 5.96. The maximum Gasteiger partial charge on any atom is 0.0564 e. The van der Waals surface area contributed by atoms with Crippen LogP contribution < -0.4 is 5.73 Å².